The first kappa shape index (κ1) is 15.6. The number of hydrogen-bond acceptors (Lipinski definition) is 6. The number of hydrogen-bond donors (Lipinski definition) is 1. The smallest absolute Gasteiger partial charge is 0.323 e. The number of carbonyl (C=O) groups is 1. The Morgan fingerprint density at radius 3 is 2.76 bits per heavy atom. The van der Waals surface area contributed by atoms with Gasteiger partial charge < -0.3 is 10.0 Å². The van der Waals surface area contributed by atoms with Crippen LogP contribution in [0.3, 0.4) is 0 Å². The third-order valence-corrected chi connectivity index (χ3v) is 5.16. The highest BCUT2D eigenvalue weighted by atomic mass is 32.2. The molecule has 0 aliphatic carbocycles. The van der Waals surface area contributed by atoms with E-state index in [0.717, 1.165) is 6.33 Å². The van der Waals surface area contributed by atoms with Crippen molar-refractivity contribution in [2.24, 2.45) is 0 Å². The van der Waals surface area contributed by atoms with Gasteiger partial charge in [0.05, 0.1) is 17.2 Å². The van der Waals surface area contributed by atoms with Crippen LogP contribution in [0.15, 0.2) is 6.33 Å². The van der Waals surface area contributed by atoms with Crippen molar-refractivity contribution in [3.8, 4) is 0 Å². The standard InChI is InChI=1S/C12H16FN3O4S/c1-2-9-11(13)12(15-7-14-9)16(5-10(17)18)8-3-4-21(19,20)6-8/h7-8H,2-6H2,1H3,(H,17,18). The molecule has 0 bridgehead atoms. The minimum atomic E-state index is -3.21. The second-order valence-electron chi connectivity index (χ2n) is 4.89. The van der Waals surface area contributed by atoms with E-state index in [4.69, 9.17) is 5.11 Å². The third-order valence-electron chi connectivity index (χ3n) is 3.40. The molecule has 1 unspecified atom stereocenters. The van der Waals surface area contributed by atoms with Gasteiger partial charge in [0.1, 0.15) is 12.9 Å². The molecule has 9 heteroatoms. The van der Waals surface area contributed by atoms with E-state index in [1.54, 1.807) is 6.92 Å². The minimum Gasteiger partial charge on any atom is -0.480 e. The number of aromatic nitrogens is 2. The van der Waals surface area contributed by atoms with Crippen LogP contribution in [-0.2, 0) is 21.1 Å². The van der Waals surface area contributed by atoms with Crippen LogP contribution in [0, 0.1) is 5.82 Å². The maximum absolute atomic E-state index is 14.3. The molecule has 116 valence electrons. The molecule has 7 nitrogen and oxygen atoms in total. The Bertz CT molecular complexity index is 650. The number of anilines is 1. The molecular weight excluding hydrogens is 301 g/mol. The zero-order valence-corrected chi connectivity index (χ0v) is 12.3. The Kier molecular flexibility index (Phi) is 4.40. The zero-order valence-electron chi connectivity index (χ0n) is 11.5. The monoisotopic (exact) mass is 317 g/mol. The summed E-state index contributed by atoms with van der Waals surface area (Å²) >= 11 is 0. The van der Waals surface area contributed by atoms with Crippen molar-refractivity contribution in [2.75, 3.05) is 23.0 Å². The maximum Gasteiger partial charge on any atom is 0.323 e. The second kappa shape index (κ2) is 5.92. The Labute approximate surface area is 121 Å². The Hall–Kier alpha value is -1.77. The van der Waals surface area contributed by atoms with E-state index in [1.165, 1.54) is 4.90 Å². The third kappa shape index (κ3) is 3.46. The molecule has 1 N–H and O–H groups in total. The summed E-state index contributed by atoms with van der Waals surface area (Å²) in [6.45, 7) is 1.22. The summed E-state index contributed by atoms with van der Waals surface area (Å²) in [7, 11) is -3.21. The number of carboxylic acids is 1. The lowest BCUT2D eigenvalue weighted by molar-refractivity contribution is -0.135. The number of rotatable bonds is 5. The van der Waals surface area contributed by atoms with Gasteiger partial charge in [-0.3, -0.25) is 4.79 Å². The maximum atomic E-state index is 14.3. The molecule has 0 aromatic carbocycles. The van der Waals surface area contributed by atoms with E-state index >= 15 is 0 Å². The zero-order chi connectivity index (χ0) is 15.6. The minimum absolute atomic E-state index is 0.0267. The highest BCUT2D eigenvalue weighted by Crippen LogP contribution is 2.25. The molecule has 2 rings (SSSR count). The first-order valence-electron chi connectivity index (χ1n) is 6.52. The summed E-state index contributed by atoms with van der Waals surface area (Å²) in [5, 5.41) is 9.00. The summed E-state index contributed by atoms with van der Waals surface area (Å²) in [5.74, 6) is -2.22. The van der Waals surface area contributed by atoms with Crippen LogP contribution in [0.4, 0.5) is 10.2 Å². The number of carboxylic acid groups (broad SMARTS) is 1. The van der Waals surface area contributed by atoms with Gasteiger partial charge in [0.15, 0.2) is 21.5 Å². The van der Waals surface area contributed by atoms with Gasteiger partial charge in [0, 0.05) is 6.04 Å². The molecule has 1 aliphatic heterocycles. The number of halogens is 1. The van der Waals surface area contributed by atoms with Crippen LogP contribution in [0.25, 0.3) is 0 Å². The van der Waals surface area contributed by atoms with Gasteiger partial charge >= 0.3 is 5.97 Å². The SMILES string of the molecule is CCc1ncnc(N(CC(=O)O)C2CCS(=O)(=O)C2)c1F. The van der Waals surface area contributed by atoms with Gasteiger partial charge in [-0.05, 0) is 12.8 Å². The lowest BCUT2D eigenvalue weighted by Gasteiger charge is -2.28. The molecule has 1 aromatic rings. The van der Waals surface area contributed by atoms with E-state index < -0.39 is 34.2 Å². The highest BCUT2D eigenvalue weighted by Gasteiger charge is 2.35. The summed E-state index contributed by atoms with van der Waals surface area (Å²) in [4.78, 5) is 19.8. The van der Waals surface area contributed by atoms with E-state index in [2.05, 4.69) is 9.97 Å². The molecule has 1 aliphatic rings. The fraction of sp³-hybridized carbons (Fsp3) is 0.583. The van der Waals surface area contributed by atoms with Gasteiger partial charge in [-0.15, -0.1) is 0 Å². The summed E-state index contributed by atoms with van der Waals surface area (Å²) in [6, 6.07) is -0.583. The van der Waals surface area contributed by atoms with Gasteiger partial charge in [-0.1, -0.05) is 6.92 Å². The first-order chi connectivity index (χ1) is 9.84. The van der Waals surface area contributed by atoms with Crippen molar-refractivity contribution >= 4 is 21.6 Å². The van der Waals surface area contributed by atoms with Crippen molar-refractivity contribution in [3.05, 3.63) is 17.8 Å². The fourth-order valence-electron chi connectivity index (χ4n) is 2.39. The largest absolute Gasteiger partial charge is 0.480 e. The van der Waals surface area contributed by atoms with Crippen LogP contribution < -0.4 is 4.90 Å². The van der Waals surface area contributed by atoms with Crippen molar-refractivity contribution in [1.29, 1.82) is 0 Å². The number of aliphatic carboxylic acids is 1. The van der Waals surface area contributed by atoms with E-state index in [-0.39, 0.29) is 29.4 Å². The topological polar surface area (TPSA) is 100 Å². The van der Waals surface area contributed by atoms with E-state index in [9.17, 15) is 17.6 Å². The predicted octanol–water partition coefficient (Wildman–Crippen LogP) is 0.256. The predicted molar refractivity (Wildman–Crippen MR) is 73.4 cm³/mol. The Morgan fingerprint density at radius 1 is 1.52 bits per heavy atom. The van der Waals surface area contributed by atoms with Gasteiger partial charge in [0.2, 0.25) is 0 Å². The lowest BCUT2D eigenvalue weighted by Crippen LogP contribution is -2.41. The van der Waals surface area contributed by atoms with Crippen LogP contribution in [0.1, 0.15) is 19.0 Å². The molecule has 0 radical (unpaired) electrons. The normalized spacial score (nSPS) is 20.4. The summed E-state index contributed by atoms with van der Waals surface area (Å²) in [5.41, 5.74) is 0.177. The van der Waals surface area contributed by atoms with Crippen LogP contribution in [0.5, 0.6) is 0 Å². The van der Waals surface area contributed by atoms with Gasteiger partial charge in [0.25, 0.3) is 0 Å². The van der Waals surface area contributed by atoms with Crippen molar-refractivity contribution in [3.63, 3.8) is 0 Å². The molecule has 21 heavy (non-hydrogen) atoms. The van der Waals surface area contributed by atoms with Crippen molar-refractivity contribution in [1.82, 2.24) is 9.97 Å². The molecular formula is C12H16FN3O4S. The van der Waals surface area contributed by atoms with Gasteiger partial charge in [-0.25, -0.2) is 22.8 Å². The first-order valence-corrected chi connectivity index (χ1v) is 8.34. The molecule has 2 heterocycles. The van der Waals surface area contributed by atoms with Crippen LogP contribution in [-0.4, -0.2) is 53.6 Å². The van der Waals surface area contributed by atoms with E-state index in [0.29, 0.717) is 6.42 Å². The molecule has 1 atom stereocenters. The van der Waals surface area contributed by atoms with Gasteiger partial charge in [-0.2, -0.15) is 0 Å². The summed E-state index contributed by atoms with van der Waals surface area (Å²) < 4.78 is 37.5. The van der Waals surface area contributed by atoms with Crippen LogP contribution in [0.2, 0.25) is 0 Å². The lowest BCUT2D eigenvalue weighted by atomic mass is 10.2. The van der Waals surface area contributed by atoms with Crippen LogP contribution >= 0.6 is 0 Å². The Balaban J connectivity index is 2.39. The quantitative estimate of drug-likeness (QED) is 0.831. The number of aryl methyl sites for hydroxylation is 1. The molecule has 0 saturated carbocycles. The molecule has 0 spiro atoms. The second-order valence-corrected chi connectivity index (χ2v) is 7.12. The number of sulfone groups is 1. The van der Waals surface area contributed by atoms with Crippen molar-refractivity contribution in [2.45, 2.75) is 25.8 Å². The molecule has 0 amide bonds. The fourth-order valence-corrected chi connectivity index (χ4v) is 4.12. The Morgan fingerprint density at radius 2 is 2.24 bits per heavy atom. The molecule has 1 aromatic heterocycles. The van der Waals surface area contributed by atoms with Crippen molar-refractivity contribution < 1.29 is 22.7 Å². The molecule has 1 fully saturated rings. The molecule has 1 saturated heterocycles. The highest BCUT2D eigenvalue weighted by molar-refractivity contribution is 7.91. The average molecular weight is 317 g/mol. The number of nitrogens with zero attached hydrogens (tertiary/aromatic N) is 3. The average Bonchev–Trinajstić information content (AvgIpc) is 2.76. The summed E-state index contributed by atoms with van der Waals surface area (Å²) in [6.07, 6.45) is 1.77. The van der Waals surface area contributed by atoms with E-state index in [1.807, 2.05) is 0 Å².